The third kappa shape index (κ3) is 5.26. The summed E-state index contributed by atoms with van der Waals surface area (Å²) in [4.78, 5) is 15.4. The Balaban J connectivity index is 1.51. The molecule has 1 amide bonds. The average Bonchev–Trinajstić information content (AvgIpc) is 3.43. The zero-order valence-corrected chi connectivity index (χ0v) is 20.3. The number of carbonyl (C=O) groups excluding carboxylic acids is 1. The fraction of sp³-hybridized carbons (Fsp3) is 0.542. The minimum atomic E-state index is -3.60. The van der Waals surface area contributed by atoms with Crippen LogP contribution in [0, 0.1) is 0 Å². The summed E-state index contributed by atoms with van der Waals surface area (Å²) in [7, 11) is -1.58. The zero-order valence-electron chi connectivity index (χ0n) is 19.5. The molecule has 0 radical (unpaired) electrons. The maximum Gasteiger partial charge on any atom is 0.243 e. The van der Waals surface area contributed by atoms with Crippen molar-refractivity contribution < 1.29 is 17.9 Å². The molecule has 0 bridgehead atoms. The van der Waals surface area contributed by atoms with Crippen LogP contribution in [0.4, 0.5) is 5.69 Å². The molecule has 2 fully saturated rings. The molecule has 4 rings (SSSR count). The van der Waals surface area contributed by atoms with Crippen LogP contribution >= 0.6 is 0 Å². The number of nitrogens with one attached hydrogen (secondary N) is 1. The third-order valence-corrected chi connectivity index (χ3v) is 8.41. The molecule has 33 heavy (non-hydrogen) atoms. The van der Waals surface area contributed by atoms with Crippen LogP contribution < -0.4 is 10.1 Å². The van der Waals surface area contributed by atoms with Gasteiger partial charge in [0.2, 0.25) is 15.9 Å². The Morgan fingerprint density at radius 2 is 1.91 bits per heavy atom. The van der Waals surface area contributed by atoms with Gasteiger partial charge in [-0.2, -0.15) is 4.31 Å². The van der Waals surface area contributed by atoms with Crippen molar-refractivity contribution in [1.82, 2.24) is 13.8 Å². The molecule has 1 aromatic heterocycles. The van der Waals surface area contributed by atoms with Crippen molar-refractivity contribution in [3.8, 4) is 5.75 Å². The number of aryl methyl sites for hydroxylation is 1. The first-order valence-corrected chi connectivity index (χ1v) is 13.3. The Hall–Kier alpha value is -2.36. The van der Waals surface area contributed by atoms with Gasteiger partial charge in [0.15, 0.2) is 0 Å². The minimum Gasteiger partial charge on any atom is -0.492 e. The van der Waals surface area contributed by atoms with E-state index in [-0.39, 0.29) is 23.4 Å². The summed E-state index contributed by atoms with van der Waals surface area (Å²) < 4.78 is 35.6. The molecule has 1 N–H and O–H groups in total. The van der Waals surface area contributed by atoms with E-state index in [0.717, 1.165) is 38.6 Å². The summed E-state index contributed by atoms with van der Waals surface area (Å²) in [6.07, 6.45) is 6.87. The largest absolute Gasteiger partial charge is 0.492 e. The number of anilines is 1. The lowest BCUT2D eigenvalue weighted by atomic mass is 10.1. The van der Waals surface area contributed by atoms with Gasteiger partial charge in [0.25, 0.3) is 0 Å². The van der Waals surface area contributed by atoms with Crippen molar-refractivity contribution in [2.24, 2.45) is 7.05 Å². The second-order valence-corrected chi connectivity index (χ2v) is 10.7. The summed E-state index contributed by atoms with van der Waals surface area (Å²) in [5.41, 5.74) is 1.60. The molecule has 2 aliphatic heterocycles. The number of aromatic nitrogens is 1. The number of nitrogens with zero attached hydrogens (tertiary/aromatic N) is 3. The maximum atomic E-state index is 13.1. The van der Waals surface area contributed by atoms with Crippen LogP contribution in [0.5, 0.6) is 5.75 Å². The first-order valence-electron chi connectivity index (χ1n) is 11.8. The van der Waals surface area contributed by atoms with Gasteiger partial charge in [0, 0.05) is 32.0 Å². The number of piperidine rings is 1. The quantitative estimate of drug-likeness (QED) is 0.634. The molecule has 2 aliphatic rings. The molecule has 1 aromatic carbocycles. The van der Waals surface area contributed by atoms with Crippen LogP contribution in [0.2, 0.25) is 0 Å². The number of carbonyl (C=O) groups is 1. The van der Waals surface area contributed by atoms with Gasteiger partial charge >= 0.3 is 0 Å². The van der Waals surface area contributed by atoms with E-state index in [4.69, 9.17) is 4.74 Å². The van der Waals surface area contributed by atoms with E-state index in [0.29, 0.717) is 31.1 Å². The number of hydrogen-bond acceptors (Lipinski definition) is 5. The maximum absolute atomic E-state index is 13.1. The number of hydrogen-bond donors (Lipinski definition) is 1. The molecule has 180 valence electrons. The highest BCUT2D eigenvalue weighted by atomic mass is 32.2. The Morgan fingerprint density at radius 3 is 2.61 bits per heavy atom. The van der Waals surface area contributed by atoms with Gasteiger partial charge in [-0.15, -0.1) is 0 Å². The molecule has 9 heteroatoms. The predicted octanol–water partition coefficient (Wildman–Crippen LogP) is 3.37. The van der Waals surface area contributed by atoms with Gasteiger partial charge < -0.3 is 14.6 Å². The van der Waals surface area contributed by atoms with Crippen molar-refractivity contribution in [3.05, 3.63) is 42.2 Å². The van der Waals surface area contributed by atoms with Crippen LogP contribution in [0.15, 0.2) is 41.4 Å². The lowest BCUT2D eigenvalue weighted by Gasteiger charge is -2.26. The Morgan fingerprint density at radius 1 is 1.12 bits per heavy atom. The van der Waals surface area contributed by atoms with Gasteiger partial charge in [-0.1, -0.05) is 6.42 Å². The number of amides is 1. The topological polar surface area (TPSA) is 83.9 Å². The minimum absolute atomic E-state index is 0.176. The van der Waals surface area contributed by atoms with Crippen molar-refractivity contribution in [1.29, 1.82) is 0 Å². The molecule has 2 aromatic rings. The second kappa shape index (κ2) is 10.3. The van der Waals surface area contributed by atoms with Gasteiger partial charge in [-0.3, -0.25) is 9.69 Å². The monoisotopic (exact) mass is 474 g/mol. The third-order valence-electron chi connectivity index (χ3n) is 6.51. The van der Waals surface area contributed by atoms with E-state index in [1.54, 1.807) is 12.1 Å². The highest BCUT2D eigenvalue weighted by molar-refractivity contribution is 7.89. The van der Waals surface area contributed by atoms with Crippen molar-refractivity contribution in [2.45, 2.75) is 50.0 Å². The van der Waals surface area contributed by atoms with Crippen molar-refractivity contribution >= 4 is 21.6 Å². The Labute approximate surface area is 196 Å². The number of rotatable bonds is 8. The highest BCUT2D eigenvalue weighted by Crippen LogP contribution is 2.33. The molecule has 0 saturated carbocycles. The lowest BCUT2D eigenvalue weighted by Crippen LogP contribution is -2.35. The summed E-state index contributed by atoms with van der Waals surface area (Å²) in [6.45, 7) is 4.44. The lowest BCUT2D eigenvalue weighted by molar-refractivity contribution is -0.117. The standard InChI is InChI=1S/C24H34N4O4S/c1-3-32-23-12-11-19(33(30,31)28-15-5-4-6-16-28)17-20(23)25-24(29)18-27-14-8-10-22(27)21-9-7-13-26(21)2/h7,9,11-13,17,22H,3-6,8,10,14-16,18H2,1-2H3,(H,25,29)/t22-/m0/s1. The molecule has 0 aliphatic carbocycles. The fourth-order valence-corrected chi connectivity index (χ4v) is 6.39. The Kier molecular flexibility index (Phi) is 7.41. The molecule has 1 atom stereocenters. The number of benzene rings is 1. The second-order valence-electron chi connectivity index (χ2n) is 8.78. The van der Waals surface area contributed by atoms with Crippen LogP contribution in [0.1, 0.15) is 50.8 Å². The van der Waals surface area contributed by atoms with Crippen LogP contribution in [-0.4, -0.2) is 60.9 Å². The molecule has 3 heterocycles. The number of ether oxygens (including phenoxy) is 1. The number of likely N-dealkylation sites (tertiary alicyclic amines) is 1. The van der Waals surface area contributed by atoms with E-state index in [9.17, 15) is 13.2 Å². The van der Waals surface area contributed by atoms with Crippen LogP contribution in [-0.2, 0) is 21.9 Å². The SMILES string of the molecule is CCOc1ccc(S(=O)(=O)N2CCCCC2)cc1NC(=O)CN1CCC[C@H]1c1cccn1C. The molecule has 0 unspecified atom stereocenters. The molecule has 8 nitrogen and oxygen atoms in total. The Bertz CT molecular complexity index is 1080. The molecular weight excluding hydrogens is 440 g/mol. The molecule has 0 spiro atoms. The summed E-state index contributed by atoms with van der Waals surface area (Å²) in [6, 6.07) is 9.06. The van der Waals surface area contributed by atoms with Gasteiger partial charge in [-0.25, -0.2) is 8.42 Å². The normalized spacial score (nSPS) is 20.1. The predicted molar refractivity (Wildman–Crippen MR) is 128 cm³/mol. The molecule has 2 saturated heterocycles. The van der Waals surface area contributed by atoms with Gasteiger partial charge in [0.1, 0.15) is 5.75 Å². The van der Waals surface area contributed by atoms with Gasteiger partial charge in [0.05, 0.1) is 29.8 Å². The summed E-state index contributed by atoms with van der Waals surface area (Å²) in [5, 5.41) is 2.92. The number of sulfonamides is 1. The smallest absolute Gasteiger partial charge is 0.243 e. The van der Waals surface area contributed by atoms with E-state index in [1.165, 1.54) is 16.1 Å². The van der Waals surface area contributed by atoms with E-state index in [2.05, 4.69) is 20.9 Å². The van der Waals surface area contributed by atoms with E-state index >= 15 is 0 Å². The highest BCUT2D eigenvalue weighted by Gasteiger charge is 2.30. The van der Waals surface area contributed by atoms with Crippen LogP contribution in [0.3, 0.4) is 0 Å². The van der Waals surface area contributed by atoms with Crippen molar-refractivity contribution in [3.63, 3.8) is 0 Å². The summed E-state index contributed by atoms with van der Waals surface area (Å²) in [5.74, 6) is 0.299. The summed E-state index contributed by atoms with van der Waals surface area (Å²) >= 11 is 0. The van der Waals surface area contributed by atoms with Crippen LogP contribution in [0.25, 0.3) is 0 Å². The zero-order chi connectivity index (χ0) is 23.4. The first-order chi connectivity index (χ1) is 15.9. The van der Waals surface area contributed by atoms with Gasteiger partial charge in [-0.05, 0) is 69.5 Å². The fourth-order valence-electron chi connectivity index (χ4n) is 4.85. The molecular formula is C24H34N4O4S. The average molecular weight is 475 g/mol. The van der Waals surface area contributed by atoms with Crippen molar-refractivity contribution in [2.75, 3.05) is 38.1 Å². The van der Waals surface area contributed by atoms with E-state index in [1.807, 2.05) is 26.2 Å². The van der Waals surface area contributed by atoms with E-state index < -0.39 is 10.0 Å². The first kappa shape index (κ1) is 23.8.